The molecule has 0 bridgehead atoms. The first-order chi connectivity index (χ1) is 6.36. The molecular formula is C7H7F3N2OS. The quantitative estimate of drug-likeness (QED) is 0.784. The van der Waals surface area contributed by atoms with Crippen LogP contribution in [0.25, 0.3) is 0 Å². The lowest BCUT2D eigenvalue weighted by Crippen LogP contribution is -2.10. The van der Waals surface area contributed by atoms with E-state index in [0.29, 0.717) is 0 Å². The third-order valence-electron chi connectivity index (χ3n) is 1.49. The maximum absolute atomic E-state index is 12.3. The van der Waals surface area contributed by atoms with Crippen LogP contribution in [0.2, 0.25) is 0 Å². The van der Waals surface area contributed by atoms with Crippen molar-refractivity contribution in [2.75, 3.05) is 5.73 Å². The number of Topliss-reactive ketones (excluding diaryl/α,β-unsaturated/α-hetero) is 1. The summed E-state index contributed by atoms with van der Waals surface area (Å²) in [5.41, 5.74) is 4.56. The average Bonchev–Trinajstić information content (AvgIpc) is 2.45. The number of carbonyl (C=O) groups is 1. The molecule has 3 nitrogen and oxygen atoms in total. The van der Waals surface area contributed by atoms with Gasteiger partial charge in [-0.25, -0.2) is 4.98 Å². The third-order valence-corrected chi connectivity index (χ3v) is 2.42. The van der Waals surface area contributed by atoms with E-state index in [0.717, 1.165) is 0 Å². The number of carbonyl (C=O) groups excluding carboxylic acids is 1. The maximum atomic E-state index is 12.3. The van der Waals surface area contributed by atoms with Crippen LogP contribution in [0.15, 0.2) is 0 Å². The van der Waals surface area contributed by atoms with Crippen LogP contribution in [-0.2, 0) is 6.18 Å². The first-order valence-corrected chi connectivity index (χ1v) is 4.54. The van der Waals surface area contributed by atoms with E-state index < -0.39 is 22.5 Å². The van der Waals surface area contributed by atoms with Crippen molar-refractivity contribution < 1.29 is 18.0 Å². The maximum Gasteiger partial charge on any atom is 0.427 e. The number of rotatable bonds is 2. The number of aromatic nitrogens is 1. The van der Waals surface area contributed by atoms with E-state index in [2.05, 4.69) is 4.98 Å². The van der Waals surface area contributed by atoms with Gasteiger partial charge in [0.05, 0.1) is 0 Å². The first kappa shape index (κ1) is 11.0. The molecule has 78 valence electrons. The van der Waals surface area contributed by atoms with Gasteiger partial charge in [0.1, 0.15) is 10.6 Å². The highest BCUT2D eigenvalue weighted by Gasteiger charge is 2.38. The van der Waals surface area contributed by atoms with E-state index in [-0.39, 0.29) is 22.9 Å². The second-order valence-electron chi connectivity index (χ2n) is 2.50. The average molecular weight is 224 g/mol. The number of anilines is 1. The summed E-state index contributed by atoms with van der Waals surface area (Å²) in [4.78, 5) is 13.4. The Morgan fingerprint density at radius 3 is 2.57 bits per heavy atom. The Hall–Kier alpha value is -1.11. The van der Waals surface area contributed by atoms with E-state index in [4.69, 9.17) is 5.73 Å². The summed E-state index contributed by atoms with van der Waals surface area (Å²) in [7, 11) is 0. The first-order valence-electron chi connectivity index (χ1n) is 3.73. The molecule has 1 rings (SSSR count). The molecule has 2 N–H and O–H groups in total. The van der Waals surface area contributed by atoms with E-state index in [9.17, 15) is 18.0 Å². The van der Waals surface area contributed by atoms with Crippen LogP contribution in [-0.4, -0.2) is 10.8 Å². The van der Waals surface area contributed by atoms with Crippen molar-refractivity contribution in [1.29, 1.82) is 0 Å². The summed E-state index contributed by atoms with van der Waals surface area (Å²) in [6.45, 7) is 1.47. The normalized spacial score (nSPS) is 11.7. The molecule has 0 amide bonds. The number of hydrogen-bond acceptors (Lipinski definition) is 4. The van der Waals surface area contributed by atoms with Crippen LogP contribution >= 0.6 is 11.3 Å². The number of halogens is 3. The standard InChI is InChI=1S/C7H7F3N2OS/c1-2-3(13)4-5(7(8,9)10)14-6(11)12-4/h2H2,1H3,(H2,11,12). The van der Waals surface area contributed by atoms with Crippen molar-refractivity contribution in [1.82, 2.24) is 4.98 Å². The minimum atomic E-state index is -4.56. The monoisotopic (exact) mass is 224 g/mol. The number of thiazole rings is 1. The summed E-state index contributed by atoms with van der Waals surface area (Å²) in [5.74, 6) is -0.648. The zero-order valence-electron chi connectivity index (χ0n) is 7.18. The highest BCUT2D eigenvalue weighted by Crippen LogP contribution is 2.37. The molecule has 0 radical (unpaired) electrons. The van der Waals surface area contributed by atoms with Crippen LogP contribution in [0.1, 0.15) is 28.7 Å². The molecule has 0 aliphatic carbocycles. The second-order valence-corrected chi connectivity index (χ2v) is 3.53. The van der Waals surface area contributed by atoms with Gasteiger partial charge in [0.15, 0.2) is 10.9 Å². The smallest absolute Gasteiger partial charge is 0.375 e. The zero-order valence-corrected chi connectivity index (χ0v) is 8.00. The minimum Gasteiger partial charge on any atom is -0.375 e. The van der Waals surface area contributed by atoms with E-state index in [1.165, 1.54) is 6.92 Å². The number of hydrogen-bond donors (Lipinski definition) is 1. The lowest BCUT2D eigenvalue weighted by molar-refractivity contribution is -0.134. The molecule has 0 aliphatic heterocycles. The molecule has 0 unspecified atom stereocenters. The van der Waals surface area contributed by atoms with Gasteiger partial charge < -0.3 is 5.73 Å². The molecule has 14 heavy (non-hydrogen) atoms. The SMILES string of the molecule is CCC(=O)c1nc(N)sc1C(F)(F)F. The van der Waals surface area contributed by atoms with Crippen molar-refractivity contribution in [3.63, 3.8) is 0 Å². The Labute approximate surface area is 81.7 Å². The summed E-state index contributed by atoms with van der Waals surface area (Å²) in [6, 6.07) is 0. The molecule has 1 aromatic rings. The Morgan fingerprint density at radius 2 is 2.14 bits per heavy atom. The highest BCUT2D eigenvalue weighted by atomic mass is 32.1. The van der Waals surface area contributed by atoms with E-state index in [1.807, 2.05) is 0 Å². The van der Waals surface area contributed by atoms with Crippen molar-refractivity contribution in [3.8, 4) is 0 Å². The van der Waals surface area contributed by atoms with Gasteiger partial charge in [0.25, 0.3) is 0 Å². The highest BCUT2D eigenvalue weighted by molar-refractivity contribution is 7.15. The van der Waals surface area contributed by atoms with Crippen molar-refractivity contribution in [2.24, 2.45) is 0 Å². The lowest BCUT2D eigenvalue weighted by atomic mass is 10.2. The van der Waals surface area contributed by atoms with Crippen LogP contribution < -0.4 is 5.73 Å². The van der Waals surface area contributed by atoms with Gasteiger partial charge in [0.2, 0.25) is 0 Å². The van der Waals surface area contributed by atoms with Gasteiger partial charge in [0, 0.05) is 6.42 Å². The summed E-state index contributed by atoms with van der Waals surface area (Å²) < 4.78 is 37.0. The predicted octanol–water partition coefficient (Wildman–Crippen LogP) is 2.34. The molecule has 1 aromatic heterocycles. The summed E-state index contributed by atoms with van der Waals surface area (Å²) in [5, 5.41) is -0.242. The molecular weight excluding hydrogens is 217 g/mol. The van der Waals surface area contributed by atoms with Crippen molar-refractivity contribution >= 4 is 22.3 Å². The Balaban J connectivity index is 3.23. The minimum absolute atomic E-state index is 0.0216. The third kappa shape index (κ3) is 2.03. The fourth-order valence-corrected chi connectivity index (χ4v) is 1.60. The van der Waals surface area contributed by atoms with Gasteiger partial charge in [-0.15, -0.1) is 0 Å². The van der Waals surface area contributed by atoms with Crippen LogP contribution in [0.5, 0.6) is 0 Å². The molecule has 0 fully saturated rings. The van der Waals surface area contributed by atoms with Crippen LogP contribution in [0.4, 0.5) is 18.3 Å². The number of nitrogens with two attached hydrogens (primary N) is 1. The number of alkyl halides is 3. The number of nitrogens with zero attached hydrogens (tertiary/aromatic N) is 1. The molecule has 0 atom stereocenters. The van der Waals surface area contributed by atoms with Gasteiger partial charge in [-0.3, -0.25) is 4.79 Å². The molecule has 0 saturated carbocycles. The number of ketones is 1. The number of nitrogen functional groups attached to an aromatic ring is 1. The summed E-state index contributed by atoms with van der Waals surface area (Å²) in [6.07, 6.45) is -4.58. The topological polar surface area (TPSA) is 56.0 Å². The fourth-order valence-electron chi connectivity index (χ4n) is 0.885. The Kier molecular flexibility index (Phi) is 2.79. The Bertz CT molecular complexity index is 358. The van der Waals surface area contributed by atoms with Crippen molar-refractivity contribution in [2.45, 2.75) is 19.5 Å². The van der Waals surface area contributed by atoms with Gasteiger partial charge >= 0.3 is 6.18 Å². The van der Waals surface area contributed by atoms with Gasteiger partial charge in [-0.05, 0) is 0 Å². The zero-order chi connectivity index (χ0) is 10.9. The fraction of sp³-hybridized carbons (Fsp3) is 0.429. The van der Waals surface area contributed by atoms with E-state index >= 15 is 0 Å². The summed E-state index contributed by atoms with van der Waals surface area (Å²) >= 11 is 0.286. The van der Waals surface area contributed by atoms with Gasteiger partial charge in [-0.1, -0.05) is 18.3 Å². The van der Waals surface area contributed by atoms with Crippen LogP contribution in [0, 0.1) is 0 Å². The molecule has 0 saturated heterocycles. The Morgan fingerprint density at radius 1 is 1.57 bits per heavy atom. The molecule has 7 heteroatoms. The largest absolute Gasteiger partial charge is 0.427 e. The lowest BCUT2D eigenvalue weighted by Gasteiger charge is -2.03. The van der Waals surface area contributed by atoms with Crippen molar-refractivity contribution in [3.05, 3.63) is 10.6 Å². The van der Waals surface area contributed by atoms with Crippen LogP contribution in [0.3, 0.4) is 0 Å². The molecule has 0 spiro atoms. The van der Waals surface area contributed by atoms with Gasteiger partial charge in [-0.2, -0.15) is 13.2 Å². The molecule has 1 heterocycles. The molecule has 0 aromatic carbocycles. The second kappa shape index (κ2) is 3.56. The van der Waals surface area contributed by atoms with E-state index in [1.54, 1.807) is 0 Å². The predicted molar refractivity (Wildman–Crippen MR) is 46.1 cm³/mol. The molecule has 0 aliphatic rings.